The summed E-state index contributed by atoms with van der Waals surface area (Å²) in [6, 6.07) is 17.1. The van der Waals surface area contributed by atoms with Gasteiger partial charge in [-0.05, 0) is 40.8 Å². The first-order valence-electron chi connectivity index (χ1n) is 5.07. The third-order valence-electron chi connectivity index (χ3n) is 2.63. The van der Waals surface area contributed by atoms with Gasteiger partial charge in [0.2, 0.25) is 0 Å². The van der Waals surface area contributed by atoms with Gasteiger partial charge in [0.15, 0.2) is 0 Å². The molecule has 0 nitrogen and oxygen atoms in total. The molecule has 16 heavy (non-hydrogen) atoms. The van der Waals surface area contributed by atoms with Crippen LogP contribution in [0.15, 0.2) is 58.4 Å². The standard InChI is InChI=1S/C14H9BrS/c15-11-4-1-3-10(9-11)12-5-2-6-14-13(12)7-8-16-14/h1-9H. The first-order valence-corrected chi connectivity index (χ1v) is 6.74. The minimum Gasteiger partial charge on any atom is -0.144 e. The fourth-order valence-corrected chi connectivity index (χ4v) is 3.11. The molecular weight excluding hydrogens is 280 g/mol. The summed E-state index contributed by atoms with van der Waals surface area (Å²) in [6.45, 7) is 0. The number of halogens is 1. The van der Waals surface area contributed by atoms with Crippen molar-refractivity contribution < 1.29 is 0 Å². The molecule has 3 rings (SSSR count). The third-order valence-corrected chi connectivity index (χ3v) is 4.01. The smallest absolute Gasteiger partial charge is 0.0348 e. The van der Waals surface area contributed by atoms with Crippen LogP contribution in [0.1, 0.15) is 0 Å². The summed E-state index contributed by atoms with van der Waals surface area (Å²) in [4.78, 5) is 0. The fourth-order valence-electron chi connectivity index (χ4n) is 1.90. The average Bonchev–Trinajstić information content (AvgIpc) is 2.76. The Labute approximate surface area is 107 Å². The molecule has 1 aromatic heterocycles. The minimum atomic E-state index is 1.12. The van der Waals surface area contributed by atoms with Gasteiger partial charge in [-0.2, -0.15) is 0 Å². The van der Waals surface area contributed by atoms with E-state index in [9.17, 15) is 0 Å². The highest BCUT2D eigenvalue weighted by Crippen LogP contribution is 2.32. The molecule has 0 unspecified atom stereocenters. The van der Waals surface area contributed by atoms with E-state index in [-0.39, 0.29) is 0 Å². The predicted octanol–water partition coefficient (Wildman–Crippen LogP) is 5.33. The van der Waals surface area contributed by atoms with Crippen molar-refractivity contribution >= 4 is 37.4 Å². The van der Waals surface area contributed by atoms with Crippen molar-refractivity contribution in [2.24, 2.45) is 0 Å². The van der Waals surface area contributed by atoms with E-state index in [1.807, 2.05) is 0 Å². The van der Waals surface area contributed by atoms with Gasteiger partial charge in [-0.15, -0.1) is 11.3 Å². The molecule has 1 heterocycles. The van der Waals surface area contributed by atoms with Gasteiger partial charge < -0.3 is 0 Å². The normalized spacial score (nSPS) is 10.8. The molecule has 78 valence electrons. The second-order valence-electron chi connectivity index (χ2n) is 3.65. The van der Waals surface area contributed by atoms with Gasteiger partial charge in [0, 0.05) is 14.6 Å². The average molecular weight is 289 g/mol. The Morgan fingerprint density at radius 1 is 0.938 bits per heavy atom. The van der Waals surface area contributed by atoms with Gasteiger partial charge in [-0.3, -0.25) is 0 Å². The van der Waals surface area contributed by atoms with Crippen LogP contribution in [0.2, 0.25) is 0 Å². The molecule has 0 fully saturated rings. The predicted molar refractivity (Wildman–Crippen MR) is 75.0 cm³/mol. The van der Waals surface area contributed by atoms with Crippen LogP contribution >= 0.6 is 27.3 Å². The number of fused-ring (bicyclic) bond motifs is 1. The molecule has 0 aliphatic rings. The topological polar surface area (TPSA) is 0 Å². The monoisotopic (exact) mass is 288 g/mol. The van der Waals surface area contributed by atoms with Crippen molar-refractivity contribution in [2.45, 2.75) is 0 Å². The lowest BCUT2D eigenvalue weighted by atomic mass is 10.0. The lowest BCUT2D eigenvalue weighted by Crippen LogP contribution is -1.78. The fraction of sp³-hybridized carbons (Fsp3) is 0. The molecular formula is C14H9BrS. The molecule has 0 saturated heterocycles. The van der Waals surface area contributed by atoms with Crippen LogP contribution < -0.4 is 0 Å². The van der Waals surface area contributed by atoms with Crippen molar-refractivity contribution in [1.29, 1.82) is 0 Å². The summed E-state index contributed by atoms with van der Waals surface area (Å²) < 4.78 is 2.47. The SMILES string of the molecule is Brc1cccc(-c2cccc3sccc23)c1. The maximum Gasteiger partial charge on any atom is 0.0348 e. The Morgan fingerprint density at radius 3 is 2.69 bits per heavy atom. The van der Waals surface area contributed by atoms with Crippen molar-refractivity contribution in [1.82, 2.24) is 0 Å². The number of hydrogen-bond donors (Lipinski definition) is 0. The van der Waals surface area contributed by atoms with Crippen LogP contribution in [0.3, 0.4) is 0 Å². The highest BCUT2D eigenvalue weighted by atomic mass is 79.9. The summed E-state index contributed by atoms with van der Waals surface area (Å²) >= 11 is 5.31. The number of benzene rings is 2. The summed E-state index contributed by atoms with van der Waals surface area (Å²) in [5.41, 5.74) is 2.57. The second-order valence-corrected chi connectivity index (χ2v) is 5.51. The minimum absolute atomic E-state index is 1.12. The van der Waals surface area contributed by atoms with E-state index >= 15 is 0 Å². The first kappa shape index (κ1) is 10.1. The van der Waals surface area contributed by atoms with E-state index < -0.39 is 0 Å². The molecule has 0 N–H and O–H groups in total. The van der Waals surface area contributed by atoms with Gasteiger partial charge in [-0.25, -0.2) is 0 Å². The third kappa shape index (κ3) is 1.68. The van der Waals surface area contributed by atoms with Crippen molar-refractivity contribution in [3.63, 3.8) is 0 Å². The van der Waals surface area contributed by atoms with E-state index in [4.69, 9.17) is 0 Å². The molecule has 0 bridgehead atoms. The summed E-state index contributed by atoms with van der Waals surface area (Å²) in [5, 5.41) is 3.48. The molecule has 0 atom stereocenters. The van der Waals surface area contributed by atoms with E-state index in [1.165, 1.54) is 21.2 Å². The molecule has 0 saturated carbocycles. The number of thiophene rings is 1. The number of hydrogen-bond acceptors (Lipinski definition) is 1. The van der Waals surface area contributed by atoms with E-state index in [0.717, 1.165) is 4.47 Å². The lowest BCUT2D eigenvalue weighted by molar-refractivity contribution is 1.62. The summed E-state index contributed by atoms with van der Waals surface area (Å²) in [6.07, 6.45) is 0. The maximum absolute atomic E-state index is 3.52. The highest BCUT2D eigenvalue weighted by Gasteiger charge is 2.04. The Kier molecular flexibility index (Phi) is 2.54. The van der Waals surface area contributed by atoms with Crippen LogP contribution in [0.25, 0.3) is 21.2 Å². The van der Waals surface area contributed by atoms with Crippen LogP contribution in [0, 0.1) is 0 Å². The van der Waals surface area contributed by atoms with Crippen molar-refractivity contribution in [3.8, 4) is 11.1 Å². The quantitative estimate of drug-likeness (QED) is 0.568. The second kappa shape index (κ2) is 4.04. The Hall–Kier alpha value is -1.12. The highest BCUT2D eigenvalue weighted by molar-refractivity contribution is 9.10. The van der Waals surface area contributed by atoms with Crippen molar-refractivity contribution in [2.75, 3.05) is 0 Å². The first-order chi connectivity index (χ1) is 7.84. The maximum atomic E-state index is 3.52. The summed E-state index contributed by atoms with van der Waals surface area (Å²) in [5.74, 6) is 0. The Bertz CT molecular complexity index is 640. The molecule has 0 aliphatic heterocycles. The summed E-state index contributed by atoms with van der Waals surface area (Å²) in [7, 11) is 0. The van der Waals surface area contributed by atoms with Gasteiger partial charge in [0.25, 0.3) is 0 Å². The molecule has 0 amide bonds. The van der Waals surface area contributed by atoms with Crippen LogP contribution in [-0.2, 0) is 0 Å². The zero-order valence-electron chi connectivity index (χ0n) is 8.48. The molecule has 0 radical (unpaired) electrons. The van der Waals surface area contributed by atoms with E-state index in [2.05, 4.69) is 69.8 Å². The molecule has 2 aromatic carbocycles. The van der Waals surface area contributed by atoms with Gasteiger partial charge in [-0.1, -0.05) is 40.2 Å². The van der Waals surface area contributed by atoms with E-state index in [1.54, 1.807) is 11.3 Å². The Balaban J connectivity index is 2.29. The number of rotatable bonds is 1. The van der Waals surface area contributed by atoms with Gasteiger partial charge >= 0.3 is 0 Å². The van der Waals surface area contributed by atoms with Crippen LogP contribution in [0.4, 0.5) is 0 Å². The van der Waals surface area contributed by atoms with Gasteiger partial charge in [0.1, 0.15) is 0 Å². The van der Waals surface area contributed by atoms with Gasteiger partial charge in [0.05, 0.1) is 0 Å². The van der Waals surface area contributed by atoms with Crippen molar-refractivity contribution in [3.05, 3.63) is 58.4 Å². The zero-order chi connectivity index (χ0) is 11.0. The Morgan fingerprint density at radius 2 is 1.81 bits per heavy atom. The lowest BCUT2D eigenvalue weighted by Gasteiger charge is -2.04. The molecule has 2 heteroatoms. The zero-order valence-corrected chi connectivity index (χ0v) is 10.9. The largest absolute Gasteiger partial charge is 0.144 e. The van der Waals surface area contributed by atoms with E-state index in [0.29, 0.717) is 0 Å². The molecule has 0 aliphatic carbocycles. The van der Waals surface area contributed by atoms with Crippen LogP contribution in [-0.4, -0.2) is 0 Å². The molecule has 3 aromatic rings. The van der Waals surface area contributed by atoms with Crippen LogP contribution in [0.5, 0.6) is 0 Å². The molecule has 0 spiro atoms.